The highest BCUT2D eigenvalue weighted by Crippen LogP contribution is 2.26. The SMILES string of the molecule is Cc1ccc(N2C[C@@H](C(=O)OCC(=O)Nc3ccc(Br)cc3)CC2=O)cc1. The molecule has 3 rings (SSSR count). The molecule has 2 aromatic rings. The van der Waals surface area contributed by atoms with E-state index in [0.29, 0.717) is 5.69 Å². The minimum Gasteiger partial charge on any atom is -0.455 e. The third-order valence-electron chi connectivity index (χ3n) is 4.28. The van der Waals surface area contributed by atoms with E-state index in [4.69, 9.17) is 4.74 Å². The van der Waals surface area contributed by atoms with Crippen LogP contribution in [0.5, 0.6) is 0 Å². The normalized spacial score (nSPS) is 16.3. The zero-order valence-electron chi connectivity index (χ0n) is 14.8. The van der Waals surface area contributed by atoms with Gasteiger partial charge < -0.3 is 15.0 Å². The van der Waals surface area contributed by atoms with Gasteiger partial charge in [0.15, 0.2) is 6.61 Å². The van der Waals surface area contributed by atoms with Gasteiger partial charge in [-0.15, -0.1) is 0 Å². The van der Waals surface area contributed by atoms with Crippen LogP contribution in [-0.4, -0.2) is 30.9 Å². The number of carbonyl (C=O) groups excluding carboxylic acids is 3. The lowest BCUT2D eigenvalue weighted by atomic mass is 10.1. The van der Waals surface area contributed by atoms with Crippen molar-refractivity contribution in [1.29, 1.82) is 0 Å². The van der Waals surface area contributed by atoms with Crippen molar-refractivity contribution < 1.29 is 19.1 Å². The molecule has 1 aliphatic heterocycles. The number of esters is 1. The van der Waals surface area contributed by atoms with Crippen LogP contribution >= 0.6 is 15.9 Å². The van der Waals surface area contributed by atoms with Crippen LogP contribution < -0.4 is 10.2 Å². The minimum atomic E-state index is -0.570. The van der Waals surface area contributed by atoms with Crippen LogP contribution in [0.2, 0.25) is 0 Å². The van der Waals surface area contributed by atoms with Crippen LogP contribution in [0.15, 0.2) is 53.0 Å². The van der Waals surface area contributed by atoms with E-state index < -0.39 is 17.8 Å². The summed E-state index contributed by atoms with van der Waals surface area (Å²) in [6.45, 7) is 1.84. The summed E-state index contributed by atoms with van der Waals surface area (Å²) in [5.41, 5.74) is 2.47. The van der Waals surface area contributed by atoms with Gasteiger partial charge in [0.1, 0.15) is 0 Å². The first-order valence-electron chi connectivity index (χ1n) is 8.51. The molecule has 2 amide bonds. The molecule has 2 aromatic carbocycles. The van der Waals surface area contributed by atoms with Crippen LogP contribution in [0.3, 0.4) is 0 Å². The number of rotatable bonds is 5. The quantitative estimate of drug-likeness (QED) is 0.738. The Kier molecular flexibility index (Phi) is 5.91. The summed E-state index contributed by atoms with van der Waals surface area (Å²) in [5.74, 6) is -1.66. The largest absolute Gasteiger partial charge is 0.455 e. The number of carbonyl (C=O) groups is 3. The fraction of sp³-hybridized carbons (Fsp3) is 0.250. The van der Waals surface area contributed by atoms with Crippen molar-refractivity contribution in [3.8, 4) is 0 Å². The predicted octanol–water partition coefficient (Wildman–Crippen LogP) is 3.29. The second-order valence-electron chi connectivity index (χ2n) is 6.40. The van der Waals surface area contributed by atoms with Gasteiger partial charge in [-0.05, 0) is 43.3 Å². The molecule has 0 saturated carbocycles. The number of amides is 2. The third kappa shape index (κ3) is 4.95. The van der Waals surface area contributed by atoms with Crippen molar-refractivity contribution in [3.05, 3.63) is 58.6 Å². The Balaban J connectivity index is 1.51. The van der Waals surface area contributed by atoms with Crippen LogP contribution in [0.4, 0.5) is 11.4 Å². The molecule has 0 unspecified atom stereocenters. The average Bonchev–Trinajstić information content (AvgIpc) is 3.04. The molecule has 1 saturated heterocycles. The predicted molar refractivity (Wildman–Crippen MR) is 105 cm³/mol. The highest BCUT2D eigenvalue weighted by atomic mass is 79.9. The number of hydrogen-bond acceptors (Lipinski definition) is 4. The van der Waals surface area contributed by atoms with Crippen molar-refractivity contribution in [2.45, 2.75) is 13.3 Å². The number of nitrogens with zero attached hydrogens (tertiary/aromatic N) is 1. The lowest BCUT2D eigenvalue weighted by Crippen LogP contribution is -2.28. The number of hydrogen-bond donors (Lipinski definition) is 1. The highest BCUT2D eigenvalue weighted by Gasteiger charge is 2.36. The lowest BCUT2D eigenvalue weighted by Gasteiger charge is -2.16. The monoisotopic (exact) mass is 430 g/mol. The molecule has 140 valence electrons. The molecule has 0 bridgehead atoms. The molecule has 0 radical (unpaired) electrons. The van der Waals surface area contributed by atoms with Crippen molar-refractivity contribution in [3.63, 3.8) is 0 Å². The zero-order valence-corrected chi connectivity index (χ0v) is 16.4. The van der Waals surface area contributed by atoms with Crippen molar-refractivity contribution in [1.82, 2.24) is 0 Å². The summed E-state index contributed by atoms with van der Waals surface area (Å²) in [4.78, 5) is 38.0. The van der Waals surface area contributed by atoms with E-state index in [0.717, 1.165) is 15.7 Å². The number of ether oxygens (including phenoxy) is 1. The van der Waals surface area contributed by atoms with Gasteiger partial charge in [-0.1, -0.05) is 33.6 Å². The number of nitrogens with one attached hydrogen (secondary N) is 1. The second-order valence-corrected chi connectivity index (χ2v) is 7.32. The van der Waals surface area contributed by atoms with E-state index in [1.54, 1.807) is 29.2 Å². The van der Waals surface area contributed by atoms with E-state index in [1.807, 2.05) is 31.2 Å². The van der Waals surface area contributed by atoms with E-state index >= 15 is 0 Å². The smallest absolute Gasteiger partial charge is 0.311 e. The Hall–Kier alpha value is -2.67. The molecule has 1 N–H and O–H groups in total. The maximum Gasteiger partial charge on any atom is 0.311 e. The van der Waals surface area contributed by atoms with E-state index in [2.05, 4.69) is 21.2 Å². The van der Waals surface area contributed by atoms with Gasteiger partial charge in [-0.3, -0.25) is 14.4 Å². The van der Waals surface area contributed by atoms with Gasteiger partial charge in [0, 0.05) is 28.8 Å². The van der Waals surface area contributed by atoms with E-state index in [1.165, 1.54) is 0 Å². The van der Waals surface area contributed by atoms with Gasteiger partial charge in [-0.2, -0.15) is 0 Å². The second kappa shape index (κ2) is 8.35. The number of halogens is 1. The van der Waals surface area contributed by atoms with E-state index in [9.17, 15) is 14.4 Å². The van der Waals surface area contributed by atoms with Crippen molar-refractivity contribution in [2.75, 3.05) is 23.4 Å². The standard InChI is InChI=1S/C20H19BrN2O4/c1-13-2-8-17(9-3-13)23-11-14(10-19(23)25)20(26)27-12-18(24)22-16-6-4-15(21)5-7-16/h2-9,14H,10-12H2,1H3,(H,22,24)/t14-/m0/s1. The Morgan fingerprint density at radius 1 is 1.15 bits per heavy atom. The fourth-order valence-corrected chi connectivity index (χ4v) is 3.09. The number of aryl methyl sites for hydroxylation is 1. The van der Waals surface area contributed by atoms with Gasteiger partial charge in [0.2, 0.25) is 5.91 Å². The zero-order chi connectivity index (χ0) is 19.4. The lowest BCUT2D eigenvalue weighted by molar-refractivity contribution is -0.151. The first-order valence-corrected chi connectivity index (χ1v) is 9.31. The third-order valence-corrected chi connectivity index (χ3v) is 4.81. The van der Waals surface area contributed by atoms with Crippen LogP contribution in [0, 0.1) is 12.8 Å². The topological polar surface area (TPSA) is 75.7 Å². The Morgan fingerprint density at radius 3 is 2.48 bits per heavy atom. The maximum absolute atomic E-state index is 12.2. The molecule has 0 spiro atoms. The first-order chi connectivity index (χ1) is 12.9. The fourth-order valence-electron chi connectivity index (χ4n) is 2.82. The summed E-state index contributed by atoms with van der Waals surface area (Å²) in [6.07, 6.45) is 0.0844. The Labute approximate surface area is 165 Å². The van der Waals surface area contributed by atoms with Crippen LogP contribution in [0.25, 0.3) is 0 Å². The molecule has 1 atom stereocenters. The summed E-state index contributed by atoms with van der Waals surface area (Å²) in [6, 6.07) is 14.6. The molecule has 27 heavy (non-hydrogen) atoms. The van der Waals surface area contributed by atoms with Gasteiger partial charge in [-0.25, -0.2) is 0 Å². The summed E-state index contributed by atoms with van der Waals surface area (Å²) in [7, 11) is 0. The molecule has 1 aliphatic rings. The molecular formula is C20H19BrN2O4. The summed E-state index contributed by atoms with van der Waals surface area (Å²) in [5, 5.41) is 2.65. The number of anilines is 2. The minimum absolute atomic E-state index is 0.0844. The van der Waals surface area contributed by atoms with E-state index in [-0.39, 0.29) is 25.5 Å². The van der Waals surface area contributed by atoms with Gasteiger partial charge in [0.25, 0.3) is 5.91 Å². The molecule has 1 heterocycles. The molecule has 7 heteroatoms. The van der Waals surface area contributed by atoms with Crippen LogP contribution in [0.1, 0.15) is 12.0 Å². The maximum atomic E-state index is 12.2. The molecule has 0 aromatic heterocycles. The molecule has 1 fully saturated rings. The summed E-state index contributed by atoms with van der Waals surface area (Å²) >= 11 is 3.32. The average molecular weight is 431 g/mol. The Bertz CT molecular complexity index is 849. The van der Waals surface area contributed by atoms with Gasteiger partial charge >= 0.3 is 5.97 Å². The Morgan fingerprint density at radius 2 is 1.81 bits per heavy atom. The highest BCUT2D eigenvalue weighted by molar-refractivity contribution is 9.10. The van der Waals surface area contributed by atoms with Crippen LogP contribution in [-0.2, 0) is 19.1 Å². The first kappa shape index (κ1) is 19.1. The van der Waals surface area contributed by atoms with Crippen molar-refractivity contribution >= 4 is 45.1 Å². The van der Waals surface area contributed by atoms with Gasteiger partial charge in [0.05, 0.1) is 5.92 Å². The molecule has 0 aliphatic carbocycles. The summed E-state index contributed by atoms with van der Waals surface area (Å²) < 4.78 is 6.00. The molecule has 6 nitrogen and oxygen atoms in total. The van der Waals surface area contributed by atoms with Crippen molar-refractivity contribution in [2.24, 2.45) is 5.92 Å². The molecular weight excluding hydrogens is 412 g/mol. The number of benzene rings is 2.